The molecule has 4 heteroatoms. The largest absolute Gasteiger partial charge is 0.361 e. The Morgan fingerprint density at radius 3 is 2.86 bits per heavy atom. The Labute approximate surface area is 83.7 Å². The molecule has 4 nitrogen and oxygen atoms in total. The van der Waals surface area contributed by atoms with E-state index < -0.39 is 0 Å². The zero-order valence-corrected chi connectivity index (χ0v) is 8.83. The number of rotatable bonds is 4. The zero-order chi connectivity index (χ0) is 10.6. The first-order valence-corrected chi connectivity index (χ1v) is 4.79. The van der Waals surface area contributed by atoms with E-state index >= 15 is 0 Å². The molecule has 0 aromatic carbocycles. The van der Waals surface area contributed by atoms with E-state index in [2.05, 4.69) is 10.5 Å². The summed E-state index contributed by atoms with van der Waals surface area (Å²) in [5, 5.41) is 6.57. The Morgan fingerprint density at radius 2 is 2.36 bits per heavy atom. The van der Waals surface area contributed by atoms with Gasteiger partial charge < -0.3 is 9.84 Å². The molecule has 0 aliphatic rings. The number of hydrogen-bond donors (Lipinski definition) is 1. The molecule has 0 saturated carbocycles. The van der Waals surface area contributed by atoms with Crippen LogP contribution in [0.5, 0.6) is 0 Å². The third-order valence-corrected chi connectivity index (χ3v) is 1.87. The van der Waals surface area contributed by atoms with Crippen molar-refractivity contribution < 1.29 is 9.32 Å². The maximum Gasteiger partial charge on any atom is 0.222 e. The van der Waals surface area contributed by atoms with E-state index in [9.17, 15) is 4.79 Å². The SMILES string of the molecule is Cc1cc(CCNC(=O)C(C)C)on1. The molecule has 78 valence electrons. The van der Waals surface area contributed by atoms with Crippen LogP contribution in [0.1, 0.15) is 25.3 Å². The Balaban J connectivity index is 2.25. The Bertz CT molecular complexity index is 305. The van der Waals surface area contributed by atoms with Crippen molar-refractivity contribution in [2.45, 2.75) is 27.2 Å². The Morgan fingerprint density at radius 1 is 1.64 bits per heavy atom. The van der Waals surface area contributed by atoms with Gasteiger partial charge in [-0.1, -0.05) is 19.0 Å². The molecule has 0 saturated heterocycles. The molecule has 14 heavy (non-hydrogen) atoms. The topological polar surface area (TPSA) is 55.1 Å². The van der Waals surface area contributed by atoms with Crippen LogP contribution in [-0.2, 0) is 11.2 Å². The van der Waals surface area contributed by atoms with Crippen LogP contribution in [0.25, 0.3) is 0 Å². The van der Waals surface area contributed by atoms with Crippen LogP contribution < -0.4 is 5.32 Å². The first-order valence-electron chi connectivity index (χ1n) is 4.79. The van der Waals surface area contributed by atoms with Gasteiger partial charge in [0.15, 0.2) is 0 Å². The minimum absolute atomic E-state index is 0.0338. The van der Waals surface area contributed by atoms with Crippen LogP contribution >= 0.6 is 0 Å². The third kappa shape index (κ3) is 3.20. The maximum absolute atomic E-state index is 11.2. The Kier molecular flexibility index (Phi) is 3.68. The number of hydrogen-bond acceptors (Lipinski definition) is 3. The molecule has 0 atom stereocenters. The standard InChI is InChI=1S/C10H16N2O2/c1-7(2)10(13)11-5-4-9-6-8(3)12-14-9/h6-7H,4-5H2,1-3H3,(H,11,13). The molecule has 1 aromatic rings. The molecular weight excluding hydrogens is 180 g/mol. The number of nitrogens with zero attached hydrogens (tertiary/aromatic N) is 1. The average Bonchev–Trinajstić information content (AvgIpc) is 2.51. The molecule has 1 aromatic heterocycles. The molecule has 0 fully saturated rings. The third-order valence-electron chi connectivity index (χ3n) is 1.87. The van der Waals surface area contributed by atoms with Gasteiger partial charge in [0.05, 0.1) is 5.69 Å². The van der Waals surface area contributed by atoms with E-state index in [4.69, 9.17) is 4.52 Å². The van der Waals surface area contributed by atoms with Gasteiger partial charge in [-0.3, -0.25) is 4.79 Å². The van der Waals surface area contributed by atoms with Gasteiger partial charge in [0, 0.05) is 24.9 Å². The number of aromatic nitrogens is 1. The lowest BCUT2D eigenvalue weighted by atomic mass is 10.2. The second-order valence-electron chi connectivity index (χ2n) is 3.63. The molecule has 1 heterocycles. The van der Waals surface area contributed by atoms with E-state index in [1.807, 2.05) is 26.8 Å². The maximum atomic E-state index is 11.2. The van der Waals surface area contributed by atoms with E-state index in [0.29, 0.717) is 13.0 Å². The number of carbonyl (C=O) groups excluding carboxylic acids is 1. The van der Waals surface area contributed by atoms with Crippen molar-refractivity contribution in [1.29, 1.82) is 0 Å². The van der Waals surface area contributed by atoms with Gasteiger partial charge in [0.25, 0.3) is 0 Å². The molecule has 0 radical (unpaired) electrons. The van der Waals surface area contributed by atoms with Crippen molar-refractivity contribution >= 4 is 5.91 Å². The molecular formula is C10H16N2O2. The highest BCUT2D eigenvalue weighted by Crippen LogP contribution is 2.02. The molecule has 1 N–H and O–H groups in total. The van der Waals surface area contributed by atoms with E-state index in [0.717, 1.165) is 11.5 Å². The first kappa shape index (κ1) is 10.8. The second-order valence-corrected chi connectivity index (χ2v) is 3.63. The molecule has 0 unspecified atom stereocenters. The van der Waals surface area contributed by atoms with Crippen molar-refractivity contribution in [2.75, 3.05) is 6.54 Å². The predicted octanol–water partition coefficient (Wildman–Crippen LogP) is 1.30. The number of nitrogens with one attached hydrogen (secondary N) is 1. The summed E-state index contributed by atoms with van der Waals surface area (Å²) in [6.07, 6.45) is 0.694. The highest BCUT2D eigenvalue weighted by Gasteiger charge is 2.06. The lowest BCUT2D eigenvalue weighted by Gasteiger charge is -2.05. The zero-order valence-electron chi connectivity index (χ0n) is 8.83. The van der Waals surface area contributed by atoms with Crippen LogP contribution in [0.4, 0.5) is 0 Å². The second kappa shape index (κ2) is 4.79. The summed E-state index contributed by atoms with van der Waals surface area (Å²) >= 11 is 0. The molecule has 1 amide bonds. The van der Waals surface area contributed by atoms with Crippen molar-refractivity contribution in [3.63, 3.8) is 0 Å². The summed E-state index contributed by atoms with van der Waals surface area (Å²) in [7, 11) is 0. The monoisotopic (exact) mass is 196 g/mol. The summed E-state index contributed by atoms with van der Waals surface area (Å²) in [5.74, 6) is 0.916. The number of amides is 1. The fraction of sp³-hybridized carbons (Fsp3) is 0.600. The van der Waals surface area contributed by atoms with Gasteiger partial charge in [-0.05, 0) is 6.92 Å². The van der Waals surface area contributed by atoms with E-state index in [-0.39, 0.29) is 11.8 Å². The summed E-state index contributed by atoms with van der Waals surface area (Å²) in [4.78, 5) is 11.2. The molecule has 0 aliphatic heterocycles. The number of aryl methyl sites for hydroxylation is 1. The summed E-state index contributed by atoms with van der Waals surface area (Å²) in [6, 6.07) is 1.88. The lowest BCUT2D eigenvalue weighted by molar-refractivity contribution is -0.123. The average molecular weight is 196 g/mol. The quantitative estimate of drug-likeness (QED) is 0.789. The highest BCUT2D eigenvalue weighted by molar-refractivity contribution is 5.77. The lowest BCUT2D eigenvalue weighted by Crippen LogP contribution is -2.29. The van der Waals surface area contributed by atoms with Crippen LogP contribution in [0.3, 0.4) is 0 Å². The summed E-state index contributed by atoms with van der Waals surface area (Å²) in [5.41, 5.74) is 0.871. The van der Waals surface area contributed by atoms with Gasteiger partial charge in [0.1, 0.15) is 5.76 Å². The minimum atomic E-state index is 0.0338. The van der Waals surface area contributed by atoms with Gasteiger partial charge in [-0.25, -0.2) is 0 Å². The van der Waals surface area contributed by atoms with Crippen molar-refractivity contribution in [3.05, 3.63) is 17.5 Å². The molecule has 0 bridgehead atoms. The number of carbonyl (C=O) groups is 1. The van der Waals surface area contributed by atoms with Gasteiger partial charge in [-0.15, -0.1) is 0 Å². The molecule has 1 rings (SSSR count). The van der Waals surface area contributed by atoms with Gasteiger partial charge >= 0.3 is 0 Å². The summed E-state index contributed by atoms with van der Waals surface area (Å²) < 4.78 is 5.01. The Hall–Kier alpha value is -1.32. The first-order chi connectivity index (χ1) is 6.59. The van der Waals surface area contributed by atoms with Crippen molar-refractivity contribution in [2.24, 2.45) is 5.92 Å². The van der Waals surface area contributed by atoms with E-state index in [1.54, 1.807) is 0 Å². The molecule has 0 spiro atoms. The van der Waals surface area contributed by atoms with Crippen LogP contribution in [0.15, 0.2) is 10.6 Å². The van der Waals surface area contributed by atoms with E-state index in [1.165, 1.54) is 0 Å². The van der Waals surface area contributed by atoms with Crippen LogP contribution in [-0.4, -0.2) is 17.6 Å². The smallest absolute Gasteiger partial charge is 0.222 e. The van der Waals surface area contributed by atoms with Gasteiger partial charge in [-0.2, -0.15) is 0 Å². The fourth-order valence-electron chi connectivity index (χ4n) is 1.05. The van der Waals surface area contributed by atoms with Crippen molar-refractivity contribution in [1.82, 2.24) is 10.5 Å². The minimum Gasteiger partial charge on any atom is -0.361 e. The van der Waals surface area contributed by atoms with Crippen LogP contribution in [0, 0.1) is 12.8 Å². The summed E-state index contributed by atoms with van der Waals surface area (Å²) in [6.45, 7) is 6.22. The predicted molar refractivity (Wildman–Crippen MR) is 52.8 cm³/mol. The highest BCUT2D eigenvalue weighted by atomic mass is 16.5. The normalized spacial score (nSPS) is 10.6. The van der Waals surface area contributed by atoms with Gasteiger partial charge in [0.2, 0.25) is 5.91 Å². The molecule has 0 aliphatic carbocycles. The van der Waals surface area contributed by atoms with Crippen molar-refractivity contribution in [3.8, 4) is 0 Å². The fourth-order valence-corrected chi connectivity index (χ4v) is 1.05. The van der Waals surface area contributed by atoms with Crippen LogP contribution in [0.2, 0.25) is 0 Å².